The van der Waals surface area contributed by atoms with E-state index in [0.29, 0.717) is 11.4 Å². The lowest BCUT2D eigenvalue weighted by molar-refractivity contribution is 0.475. The van der Waals surface area contributed by atoms with Crippen LogP contribution in [0.15, 0.2) is 54.6 Å². The first kappa shape index (κ1) is 11.0. The molecule has 2 aromatic rings. The molecule has 0 unspecified atom stereocenters. The van der Waals surface area contributed by atoms with Gasteiger partial charge in [-0.15, -0.1) is 0 Å². The van der Waals surface area contributed by atoms with E-state index in [9.17, 15) is 4.39 Å². The fourth-order valence-electron chi connectivity index (χ4n) is 0.935. The third kappa shape index (κ3) is 4.67. The third-order valence-electron chi connectivity index (χ3n) is 1.60. The van der Waals surface area contributed by atoms with Gasteiger partial charge in [-0.2, -0.15) is 0 Å². The van der Waals surface area contributed by atoms with Crippen LogP contribution in [0.25, 0.3) is 0 Å². The molecule has 78 valence electrons. The van der Waals surface area contributed by atoms with E-state index in [4.69, 9.17) is 10.8 Å². The summed E-state index contributed by atoms with van der Waals surface area (Å²) in [7, 11) is 0. The number of hydrogen-bond acceptors (Lipinski definition) is 2. The molecule has 0 fully saturated rings. The van der Waals surface area contributed by atoms with Gasteiger partial charge in [-0.1, -0.05) is 24.3 Å². The Bertz CT molecular complexity index is 386. The van der Waals surface area contributed by atoms with E-state index in [1.807, 2.05) is 6.07 Å². The van der Waals surface area contributed by atoms with E-state index in [-0.39, 0.29) is 5.82 Å². The van der Waals surface area contributed by atoms with E-state index in [2.05, 4.69) is 0 Å². The number of benzene rings is 2. The summed E-state index contributed by atoms with van der Waals surface area (Å²) in [5, 5.41) is 8.63. The van der Waals surface area contributed by atoms with Gasteiger partial charge in [0.25, 0.3) is 0 Å². The van der Waals surface area contributed by atoms with Gasteiger partial charge in [0.15, 0.2) is 0 Å². The number of nitrogens with two attached hydrogens (primary N) is 1. The third-order valence-corrected chi connectivity index (χ3v) is 1.60. The summed E-state index contributed by atoms with van der Waals surface area (Å²) >= 11 is 0. The van der Waals surface area contributed by atoms with Gasteiger partial charge in [0.2, 0.25) is 0 Å². The molecule has 2 nitrogen and oxygen atoms in total. The lowest BCUT2D eigenvalue weighted by Crippen LogP contribution is -1.83. The maximum atomic E-state index is 12.1. The van der Waals surface area contributed by atoms with Crippen molar-refractivity contribution in [3.8, 4) is 5.75 Å². The van der Waals surface area contributed by atoms with Crippen LogP contribution in [-0.2, 0) is 0 Å². The largest absolute Gasteiger partial charge is 0.508 e. The molecule has 0 aliphatic heterocycles. The molecule has 0 radical (unpaired) electrons. The number of para-hydroxylation sites is 1. The first-order valence-corrected chi connectivity index (χ1v) is 4.43. The van der Waals surface area contributed by atoms with Crippen LogP contribution >= 0.6 is 0 Å². The Labute approximate surface area is 87.8 Å². The molecule has 3 heteroatoms. The topological polar surface area (TPSA) is 46.2 Å². The van der Waals surface area contributed by atoms with E-state index >= 15 is 0 Å². The van der Waals surface area contributed by atoms with Crippen molar-refractivity contribution >= 4 is 5.69 Å². The molecule has 0 aromatic heterocycles. The molecule has 0 aliphatic rings. The minimum atomic E-state index is -0.287. The second-order valence-corrected chi connectivity index (χ2v) is 2.89. The number of hydrogen-bond donors (Lipinski definition) is 2. The summed E-state index contributed by atoms with van der Waals surface area (Å²) in [6.07, 6.45) is 0. The second kappa shape index (κ2) is 5.65. The summed E-state index contributed by atoms with van der Waals surface area (Å²) in [6.45, 7) is 0. The van der Waals surface area contributed by atoms with E-state index in [1.165, 1.54) is 12.1 Å². The summed E-state index contributed by atoms with van der Waals surface area (Å²) in [5.41, 5.74) is 5.68. The van der Waals surface area contributed by atoms with Crippen LogP contribution < -0.4 is 5.73 Å². The van der Waals surface area contributed by atoms with Crippen molar-refractivity contribution < 1.29 is 9.50 Å². The van der Waals surface area contributed by atoms with Crippen molar-refractivity contribution in [1.29, 1.82) is 0 Å². The average Bonchev–Trinajstić information content (AvgIpc) is 2.19. The molecule has 0 bridgehead atoms. The fraction of sp³-hybridized carbons (Fsp3) is 0. The van der Waals surface area contributed by atoms with Gasteiger partial charge in [0.05, 0.1) is 0 Å². The molecule has 0 saturated carbocycles. The standard InChI is InChI=1S/C6H6FN.C6H6O/c7-5-2-1-3-6(8)4-5;7-6-4-2-1-3-5-6/h1-4H,8H2;1-5,7H. The number of aromatic hydroxyl groups is 1. The van der Waals surface area contributed by atoms with Crippen LogP contribution in [-0.4, -0.2) is 5.11 Å². The number of phenols is 1. The average molecular weight is 205 g/mol. The highest BCUT2D eigenvalue weighted by Crippen LogP contribution is 2.03. The molecule has 0 heterocycles. The maximum absolute atomic E-state index is 12.1. The molecule has 0 amide bonds. The Balaban J connectivity index is 0.000000151. The Morgan fingerprint density at radius 3 is 1.93 bits per heavy atom. The van der Waals surface area contributed by atoms with Crippen LogP contribution in [0.1, 0.15) is 0 Å². The predicted molar refractivity (Wildman–Crippen MR) is 58.9 cm³/mol. The van der Waals surface area contributed by atoms with Crippen molar-refractivity contribution in [2.75, 3.05) is 5.73 Å². The van der Waals surface area contributed by atoms with E-state index in [1.54, 1.807) is 36.4 Å². The normalized spacial score (nSPS) is 8.87. The molecule has 3 N–H and O–H groups in total. The molecular formula is C12H12FNO. The molecule has 0 aliphatic carbocycles. The zero-order chi connectivity index (χ0) is 11.1. The number of anilines is 1. The highest BCUT2D eigenvalue weighted by Gasteiger charge is 1.85. The fourth-order valence-corrected chi connectivity index (χ4v) is 0.935. The van der Waals surface area contributed by atoms with E-state index < -0.39 is 0 Å². The SMILES string of the molecule is Nc1cccc(F)c1.Oc1ccccc1. The van der Waals surface area contributed by atoms with Gasteiger partial charge >= 0.3 is 0 Å². The summed E-state index contributed by atoms with van der Waals surface area (Å²) in [5.74, 6) is 0.0347. The maximum Gasteiger partial charge on any atom is 0.125 e. The van der Waals surface area contributed by atoms with Crippen molar-refractivity contribution in [2.24, 2.45) is 0 Å². The lowest BCUT2D eigenvalue weighted by atomic mass is 10.3. The first-order valence-electron chi connectivity index (χ1n) is 4.43. The van der Waals surface area contributed by atoms with Gasteiger partial charge in [-0.05, 0) is 30.3 Å². The first-order chi connectivity index (χ1) is 7.18. The van der Waals surface area contributed by atoms with Crippen molar-refractivity contribution in [3.63, 3.8) is 0 Å². The Kier molecular flexibility index (Phi) is 4.16. The predicted octanol–water partition coefficient (Wildman–Crippen LogP) is 2.80. The van der Waals surface area contributed by atoms with Crippen molar-refractivity contribution in [1.82, 2.24) is 0 Å². The molecule has 2 aromatic carbocycles. The van der Waals surface area contributed by atoms with Crippen LogP contribution in [0.5, 0.6) is 5.75 Å². The van der Waals surface area contributed by atoms with Crippen LogP contribution in [0.3, 0.4) is 0 Å². The van der Waals surface area contributed by atoms with Gasteiger partial charge in [-0.25, -0.2) is 4.39 Å². The quantitative estimate of drug-likeness (QED) is 0.649. The molecule has 15 heavy (non-hydrogen) atoms. The lowest BCUT2D eigenvalue weighted by Gasteiger charge is -1.88. The Hall–Kier alpha value is -2.03. The smallest absolute Gasteiger partial charge is 0.125 e. The highest BCUT2D eigenvalue weighted by molar-refractivity contribution is 5.36. The molecule has 2 rings (SSSR count). The number of rotatable bonds is 0. The highest BCUT2D eigenvalue weighted by atomic mass is 19.1. The number of phenolic OH excluding ortho intramolecular Hbond substituents is 1. The van der Waals surface area contributed by atoms with E-state index in [0.717, 1.165) is 0 Å². The molecule has 0 atom stereocenters. The van der Waals surface area contributed by atoms with Gasteiger partial charge in [-0.3, -0.25) is 0 Å². The molecular weight excluding hydrogens is 193 g/mol. The number of nitrogen functional groups attached to an aromatic ring is 1. The second-order valence-electron chi connectivity index (χ2n) is 2.89. The zero-order valence-electron chi connectivity index (χ0n) is 8.10. The van der Waals surface area contributed by atoms with Crippen LogP contribution in [0, 0.1) is 5.82 Å². The van der Waals surface area contributed by atoms with Crippen molar-refractivity contribution in [3.05, 3.63) is 60.4 Å². The van der Waals surface area contributed by atoms with Gasteiger partial charge in [0, 0.05) is 5.69 Å². The Morgan fingerprint density at radius 2 is 1.60 bits per heavy atom. The van der Waals surface area contributed by atoms with Crippen molar-refractivity contribution in [2.45, 2.75) is 0 Å². The summed E-state index contributed by atoms with van der Waals surface area (Å²) in [6, 6.07) is 14.6. The minimum Gasteiger partial charge on any atom is -0.508 e. The minimum absolute atomic E-state index is 0.287. The van der Waals surface area contributed by atoms with Crippen LogP contribution in [0.2, 0.25) is 0 Å². The monoisotopic (exact) mass is 205 g/mol. The summed E-state index contributed by atoms with van der Waals surface area (Å²) < 4.78 is 12.1. The number of halogens is 1. The zero-order valence-corrected chi connectivity index (χ0v) is 8.10. The Morgan fingerprint density at radius 1 is 0.933 bits per heavy atom. The molecule has 0 saturated heterocycles. The summed E-state index contributed by atoms with van der Waals surface area (Å²) in [4.78, 5) is 0. The van der Waals surface area contributed by atoms with Gasteiger partial charge < -0.3 is 10.8 Å². The van der Waals surface area contributed by atoms with Crippen LogP contribution in [0.4, 0.5) is 10.1 Å². The molecule has 0 spiro atoms. The van der Waals surface area contributed by atoms with Gasteiger partial charge in [0.1, 0.15) is 11.6 Å².